The van der Waals surface area contributed by atoms with E-state index in [-0.39, 0.29) is 24.5 Å². The predicted molar refractivity (Wildman–Crippen MR) is 99.9 cm³/mol. The molecule has 27 heavy (non-hydrogen) atoms. The Morgan fingerprint density at radius 3 is 2.63 bits per heavy atom. The lowest BCUT2D eigenvalue weighted by atomic mass is 10.0. The Labute approximate surface area is 158 Å². The Bertz CT molecular complexity index is 832. The van der Waals surface area contributed by atoms with Crippen LogP contribution in [0, 0.1) is 0 Å². The number of rotatable bonds is 7. The van der Waals surface area contributed by atoms with Gasteiger partial charge in [-0.25, -0.2) is 0 Å². The molecule has 0 bridgehead atoms. The first-order chi connectivity index (χ1) is 12.8. The predicted octanol–water partition coefficient (Wildman–Crippen LogP) is 3.11. The molecular weight excluding hydrogens is 346 g/mol. The first-order valence-electron chi connectivity index (χ1n) is 8.84. The van der Waals surface area contributed by atoms with Crippen molar-refractivity contribution in [2.45, 2.75) is 38.3 Å². The molecule has 2 aromatic carbocycles. The molecule has 0 fully saturated rings. The van der Waals surface area contributed by atoms with Gasteiger partial charge in [0.25, 0.3) is 5.91 Å². The number of ether oxygens (including phenoxy) is 2. The molecule has 0 radical (unpaired) electrons. The molecule has 1 unspecified atom stereocenters. The largest absolute Gasteiger partial charge is 0.483 e. The second-order valence-corrected chi connectivity index (χ2v) is 7.20. The van der Waals surface area contributed by atoms with Crippen LogP contribution in [0.2, 0.25) is 0 Å². The minimum atomic E-state index is -0.985. The van der Waals surface area contributed by atoms with Gasteiger partial charge < -0.3 is 19.9 Å². The molecular formula is C21H23NO5. The molecule has 142 valence electrons. The minimum Gasteiger partial charge on any atom is -0.483 e. The van der Waals surface area contributed by atoms with E-state index in [4.69, 9.17) is 14.6 Å². The van der Waals surface area contributed by atoms with Gasteiger partial charge in [-0.1, -0.05) is 42.5 Å². The van der Waals surface area contributed by atoms with Crippen LogP contribution in [0.25, 0.3) is 0 Å². The molecule has 2 N–H and O–H groups in total. The standard InChI is InChI=1S/C21H23NO5/c1-21(2)12-15-9-6-10-17(20(15)27-21)26-13-18(23)22-16(11-19(24)25)14-7-4-3-5-8-14/h3-10,16H,11-13H2,1-2H3,(H,22,23)(H,24,25). The topological polar surface area (TPSA) is 84.9 Å². The van der Waals surface area contributed by atoms with Crippen LogP contribution in [0.5, 0.6) is 11.5 Å². The molecule has 6 nitrogen and oxygen atoms in total. The van der Waals surface area contributed by atoms with Gasteiger partial charge in [0, 0.05) is 12.0 Å². The molecule has 1 aliphatic rings. The van der Waals surface area contributed by atoms with Crippen LogP contribution < -0.4 is 14.8 Å². The van der Waals surface area contributed by atoms with Gasteiger partial charge >= 0.3 is 5.97 Å². The van der Waals surface area contributed by atoms with Gasteiger partial charge in [-0.05, 0) is 25.5 Å². The van der Waals surface area contributed by atoms with Crippen molar-refractivity contribution >= 4 is 11.9 Å². The molecule has 0 spiro atoms. The molecule has 1 aliphatic heterocycles. The van der Waals surface area contributed by atoms with Crippen LogP contribution in [-0.2, 0) is 16.0 Å². The van der Waals surface area contributed by atoms with Gasteiger partial charge in [0.05, 0.1) is 12.5 Å². The Balaban J connectivity index is 1.64. The highest BCUT2D eigenvalue weighted by Gasteiger charge is 2.32. The zero-order valence-corrected chi connectivity index (χ0v) is 15.4. The number of hydrogen-bond acceptors (Lipinski definition) is 4. The molecule has 0 aromatic heterocycles. The second-order valence-electron chi connectivity index (χ2n) is 7.20. The van der Waals surface area contributed by atoms with Crippen LogP contribution in [0.4, 0.5) is 0 Å². The first-order valence-corrected chi connectivity index (χ1v) is 8.84. The summed E-state index contributed by atoms with van der Waals surface area (Å²) in [5.74, 6) is -0.190. The fourth-order valence-electron chi connectivity index (χ4n) is 3.19. The number of para-hydroxylation sites is 1. The van der Waals surface area contributed by atoms with Crippen LogP contribution in [0.15, 0.2) is 48.5 Å². The highest BCUT2D eigenvalue weighted by Crippen LogP contribution is 2.41. The van der Waals surface area contributed by atoms with E-state index >= 15 is 0 Å². The van der Waals surface area contributed by atoms with E-state index in [1.165, 1.54) is 0 Å². The van der Waals surface area contributed by atoms with Crippen molar-refractivity contribution in [3.05, 3.63) is 59.7 Å². The van der Waals surface area contributed by atoms with Gasteiger partial charge in [0.1, 0.15) is 5.60 Å². The second kappa shape index (κ2) is 7.70. The lowest BCUT2D eigenvalue weighted by Gasteiger charge is -2.19. The number of amides is 1. The molecule has 1 heterocycles. The maximum atomic E-state index is 12.3. The molecule has 3 rings (SSSR count). The Kier molecular flexibility index (Phi) is 5.35. The maximum Gasteiger partial charge on any atom is 0.305 e. The van der Waals surface area contributed by atoms with Crippen LogP contribution >= 0.6 is 0 Å². The summed E-state index contributed by atoms with van der Waals surface area (Å²) in [6.45, 7) is 3.78. The number of benzene rings is 2. The van der Waals surface area contributed by atoms with E-state index in [0.29, 0.717) is 11.5 Å². The Morgan fingerprint density at radius 2 is 1.93 bits per heavy atom. The van der Waals surface area contributed by atoms with Crippen molar-refractivity contribution < 1.29 is 24.2 Å². The maximum absolute atomic E-state index is 12.3. The molecule has 0 aliphatic carbocycles. The monoisotopic (exact) mass is 369 g/mol. The van der Waals surface area contributed by atoms with E-state index in [1.807, 2.05) is 32.0 Å². The average molecular weight is 369 g/mol. The van der Waals surface area contributed by atoms with Crippen molar-refractivity contribution in [1.82, 2.24) is 5.32 Å². The SMILES string of the molecule is CC1(C)Cc2cccc(OCC(=O)NC(CC(=O)O)c3ccccc3)c2O1. The lowest BCUT2D eigenvalue weighted by Crippen LogP contribution is -2.34. The zero-order valence-electron chi connectivity index (χ0n) is 15.4. The summed E-state index contributed by atoms with van der Waals surface area (Å²) in [5, 5.41) is 11.9. The number of carbonyl (C=O) groups excluding carboxylic acids is 1. The van der Waals surface area contributed by atoms with E-state index in [2.05, 4.69) is 5.32 Å². The third kappa shape index (κ3) is 4.78. The van der Waals surface area contributed by atoms with Gasteiger partial charge in [0.2, 0.25) is 0 Å². The van der Waals surface area contributed by atoms with Gasteiger partial charge in [0.15, 0.2) is 18.1 Å². The number of nitrogens with one attached hydrogen (secondary N) is 1. The number of carboxylic acid groups (broad SMARTS) is 1. The Hall–Kier alpha value is -3.02. The van der Waals surface area contributed by atoms with Gasteiger partial charge in [-0.3, -0.25) is 9.59 Å². The van der Waals surface area contributed by atoms with Crippen molar-refractivity contribution in [3.63, 3.8) is 0 Å². The highest BCUT2D eigenvalue weighted by atomic mass is 16.5. The van der Waals surface area contributed by atoms with Crippen LogP contribution in [0.1, 0.15) is 37.4 Å². The molecule has 2 aromatic rings. The lowest BCUT2D eigenvalue weighted by molar-refractivity contribution is -0.137. The Morgan fingerprint density at radius 1 is 1.19 bits per heavy atom. The van der Waals surface area contributed by atoms with Crippen molar-refractivity contribution in [2.24, 2.45) is 0 Å². The molecule has 0 saturated heterocycles. The molecule has 1 atom stereocenters. The fourth-order valence-corrected chi connectivity index (χ4v) is 3.19. The summed E-state index contributed by atoms with van der Waals surface area (Å²) in [7, 11) is 0. The van der Waals surface area contributed by atoms with E-state index in [1.54, 1.807) is 30.3 Å². The fraction of sp³-hybridized carbons (Fsp3) is 0.333. The van der Waals surface area contributed by atoms with Crippen molar-refractivity contribution in [3.8, 4) is 11.5 Å². The third-order valence-electron chi connectivity index (χ3n) is 4.33. The quantitative estimate of drug-likeness (QED) is 0.783. The normalized spacial score (nSPS) is 15.3. The summed E-state index contributed by atoms with van der Waals surface area (Å²) < 4.78 is 11.6. The van der Waals surface area contributed by atoms with Crippen molar-refractivity contribution in [2.75, 3.05) is 6.61 Å². The average Bonchev–Trinajstić information content (AvgIpc) is 2.94. The van der Waals surface area contributed by atoms with E-state index in [0.717, 1.165) is 17.5 Å². The number of carboxylic acids is 1. The van der Waals surface area contributed by atoms with Crippen LogP contribution in [0.3, 0.4) is 0 Å². The van der Waals surface area contributed by atoms with E-state index in [9.17, 15) is 9.59 Å². The van der Waals surface area contributed by atoms with E-state index < -0.39 is 12.0 Å². The number of fused-ring (bicyclic) bond motifs is 1. The first kappa shape index (κ1) is 18.8. The van der Waals surface area contributed by atoms with Gasteiger partial charge in [-0.15, -0.1) is 0 Å². The smallest absolute Gasteiger partial charge is 0.305 e. The summed E-state index contributed by atoms with van der Waals surface area (Å²) in [5.41, 5.74) is 1.48. The minimum absolute atomic E-state index is 0.201. The number of aliphatic carboxylic acids is 1. The number of carbonyl (C=O) groups is 2. The van der Waals surface area contributed by atoms with Gasteiger partial charge in [-0.2, -0.15) is 0 Å². The summed E-state index contributed by atoms with van der Waals surface area (Å²) in [6.07, 6.45) is 0.578. The summed E-state index contributed by atoms with van der Waals surface area (Å²) >= 11 is 0. The summed E-state index contributed by atoms with van der Waals surface area (Å²) in [4.78, 5) is 23.5. The van der Waals surface area contributed by atoms with Crippen LogP contribution in [-0.4, -0.2) is 29.2 Å². The van der Waals surface area contributed by atoms with Crippen molar-refractivity contribution in [1.29, 1.82) is 0 Å². The summed E-state index contributed by atoms with van der Waals surface area (Å²) in [6, 6.07) is 14.0. The molecule has 1 amide bonds. The molecule has 6 heteroatoms. The number of hydrogen-bond donors (Lipinski definition) is 2. The third-order valence-corrected chi connectivity index (χ3v) is 4.33. The highest BCUT2D eigenvalue weighted by molar-refractivity contribution is 5.79. The molecule has 0 saturated carbocycles. The zero-order chi connectivity index (χ0) is 19.4.